The highest BCUT2D eigenvalue weighted by molar-refractivity contribution is 7.99. The molecule has 2 aromatic rings. The van der Waals surface area contributed by atoms with Crippen LogP contribution in [0.5, 0.6) is 0 Å². The van der Waals surface area contributed by atoms with Crippen LogP contribution < -0.4 is 5.32 Å². The molecule has 3 rings (SSSR count). The van der Waals surface area contributed by atoms with Gasteiger partial charge in [-0.25, -0.2) is 0 Å². The topological polar surface area (TPSA) is 27.8 Å². The van der Waals surface area contributed by atoms with Gasteiger partial charge in [0.05, 0.1) is 5.03 Å². The fourth-order valence-corrected chi connectivity index (χ4v) is 2.97. The molecule has 1 heterocycles. The van der Waals surface area contributed by atoms with Gasteiger partial charge < -0.3 is 10.3 Å². The number of aromatic amines is 1. The largest absolute Gasteiger partial charge is 0.350 e. The van der Waals surface area contributed by atoms with Gasteiger partial charge in [0.2, 0.25) is 0 Å². The lowest BCUT2D eigenvalue weighted by atomic mass is 10.3. The fourth-order valence-electron chi connectivity index (χ4n) is 1.99. The zero-order valence-corrected chi connectivity index (χ0v) is 10.9. The minimum Gasteiger partial charge on any atom is -0.350 e. The number of hydrogen-bond donors (Lipinski definition) is 2. The van der Waals surface area contributed by atoms with E-state index in [4.69, 9.17) is 0 Å². The van der Waals surface area contributed by atoms with Crippen molar-refractivity contribution in [3.8, 4) is 0 Å². The summed E-state index contributed by atoms with van der Waals surface area (Å²) in [7, 11) is 0. The number of benzene rings is 1. The predicted molar refractivity (Wildman–Crippen MR) is 74.6 cm³/mol. The number of H-pyrrole nitrogens is 1. The van der Waals surface area contributed by atoms with Gasteiger partial charge in [-0.2, -0.15) is 0 Å². The summed E-state index contributed by atoms with van der Waals surface area (Å²) in [6.45, 7) is 3.39. The zero-order chi connectivity index (χ0) is 11.7. The van der Waals surface area contributed by atoms with Crippen molar-refractivity contribution in [2.75, 3.05) is 6.54 Å². The summed E-state index contributed by atoms with van der Waals surface area (Å²) in [6.07, 6.45) is 2.73. The molecule has 90 valence electrons. The average Bonchev–Trinajstić information content (AvgIpc) is 3.06. The lowest BCUT2D eigenvalue weighted by molar-refractivity contribution is 0.679. The van der Waals surface area contributed by atoms with E-state index in [0.717, 1.165) is 12.6 Å². The first kappa shape index (κ1) is 11.2. The Morgan fingerprint density at radius 3 is 3.00 bits per heavy atom. The molecule has 3 heteroatoms. The van der Waals surface area contributed by atoms with E-state index >= 15 is 0 Å². The minimum atomic E-state index is 0.615. The predicted octanol–water partition coefficient (Wildman–Crippen LogP) is 3.40. The normalized spacial score (nSPS) is 17.5. The van der Waals surface area contributed by atoms with Gasteiger partial charge in [-0.05, 0) is 25.0 Å². The van der Waals surface area contributed by atoms with Crippen LogP contribution in [0.1, 0.15) is 19.8 Å². The van der Waals surface area contributed by atoms with E-state index < -0.39 is 0 Å². The van der Waals surface area contributed by atoms with E-state index in [-0.39, 0.29) is 0 Å². The molecule has 17 heavy (non-hydrogen) atoms. The third kappa shape index (κ3) is 2.85. The van der Waals surface area contributed by atoms with Crippen molar-refractivity contribution < 1.29 is 0 Å². The standard InChI is InChI=1S/C14H18N2S/c1-10(9-15-12-6-7-12)17-14-8-11-4-2-3-5-13(11)16-14/h2-5,8,10,12,15-16H,6-7,9H2,1H3. The van der Waals surface area contributed by atoms with Crippen molar-refractivity contribution in [1.82, 2.24) is 10.3 Å². The third-order valence-corrected chi connectivity index (χ3v) is 4.15. The van der Waals surface area contributed by atoms with Crippen molar-refractivity contribution >= 4 is 22.7 Å². The Kier molecular flexibility index (Phi) is 3.12. The van der Waals surface area contributed by atoms with Crippen LogP contribution in [0.25, 0.3) is 10.9 Å². The second kappa shape index (κ2) is 4.75. The number of hydrogen-bond acceptors (Lipinski definition) is 2. The van der Waals surface area contributed by atoms with E-state index in [1.54, 1.807) is 0 Å². The zero-order valence-electron chi connectivity index (χ0n) is 10.1. The molecule has 0 bridgehead atoms. The summed E-state index contributed by atoms with van der Waals surface area (Å²) in [5, 5.41) is 6.77. The lowest BCUT2D eigenvalue weighted by Gasteiger charge is -2.10. The van der Waals surface area contributed by atoms with Crippen LogP contribution in [0.15, 0.2) is 35.4 Å². The van der Waals surface area contributed by atoms with Crippen molar-refractivity contribution in [2.45, 2.75) is 36.1 Å². The first-order chi connectivity index (χ1) is 8.31. The molecule has 0 spiro atoms. The Labute approximate surface area is 106 Å². The molecule has 1 unspecified atom stereocenters. The van der Waals surface area contributed by atoms with Crippen LogP contribution in [0.4, 0.5) is 0 Å². The number of para-hydroxylation sites is 1. The monoisotopic (exact) mass is 246 g/mol. The minimum absolute atomic E-state index is 0.615. The molecule has 0 aliphatic heterocycles. The van der Waals surface area contributed by atoms with Gasteiger partial charge in [0, 0.05) is 28.7 Å². The second-order valence-corrected chi connectivity index (χ2v) is 6.31. The second-order valence-electron chi connectivity index (χ2n) is 4.83. The first-order valence-electron chi connectivity index (χ1n) is 6.29. The molecule has 0 amide bonds. The summed E-state index contributed by atoms with van der Waals surface area (Å²) in [5.41, 5.74) is 1.23. The molecular formula is C14H18N2S. The van der Waals surface area contributed by atoms with Crippen LogP contribution in [0.2, 0.25) is 0 Å². The summed E-state index contributed by atoms with van der Waals surface area (Å²) >= 11 is 1.92. The molecule has 1 saturated carbocycles. The van der Waals surface area contributed by atoms with Gasteiger partial charge >= 0.3 is 0 Å². The molecule has 0 saturated heterocycles. The Bertz CT molecular complexity index is 469. The SMILES string of the molecule is CC(CNC1CC1)Sc1cc2ccccc2[nH]1. The maximum Gasteiger partial charge on any atom is 0.0735 e. The van der Waals surface area contributed by atoms with E-state index in [9.17, 15) is 0 Å². The van der Waals surface area contributed by atoms with E-state index in [1.807, 2.05) is 11.8 Å². The number of thioether (sulfide) groups is 1. The number of nitrogens with one attached hydrogen (secondary N) is 2. The fraction of sp³-hybridized carbons (Fsp3) is 0.429. The van der Waals surface area contributed by atoms with E-state index in [1.165, 1.54) is 28.8 Å². The molecule has 1 atom stereocenters. The number of fused-ring (bicyclic) bond motifs is 1. The Balaban J connectivity index is 1.62. The Morgan fingerprint density at radius 1 is 1.41 bits per heavy atom. The van der Waals surface area contributed by atoms with Gasteiger partial charge in [0.1, 0.15) is 0 Å². The molecule has 1 fully saturated rings. The summed E-state index contributed by atoms with van der Waals surface area (Å²) in [5.74, 6) is 0. The van der Waals surface area contributed by atoms with Gasteiger partial charge in [-0.3, -0.25) is 0 Å². The highest BCUT2D eigenvalue weighted by Gasteiger charge is 2.21. The maximum atomic E-state index is 3.58. The highest BCUT2D eigenvalue weighted by Crippen LogP contribution is 2.27. The smallest absolute Gasteiger partial charge is 0.0735 e. The number of aromatic nitrogens is 1. The Hall–Kier alpha value is -0.930. The number of rotatable bonds is 5. The van der Waals surface area contributed by atoms with Gasteiger partial charge in [-0.15, -0.1) is 11.8 Å². The highest BCUT2D eigenvalue weighted by atomic mass is 32.2. The van der Waals surface area contributed by atoms with Crippen molar-refractivity contribution in [3.63, 3.8) is 0 Å². The summed E-state index contributed by atoms with van der Waals surface area (Å²) < 4.78 is 0. The lowest BCUT2D eigenvalue weighted by Crippen LogP contribution is -2.24. The molecular weight excluding hydrogens is 228 g/mol. The van der Waals surface area contributed by atoms with Crippen LogP contribution in [-0.4, -0.2) is 22.8 Å². The molecule has 2 nitrogen and oxygen atoms in total. The van der Waals surface area contributed by atoms with Crippen LogP contribution >= 0.6 is 11.8 Å². The van der Waals surface area contributed by atoms with Crippen LogP contribution in [0, 0.1) is 0 Å². The van der Waals surface area contributed by atoms with Crippen molar-refractivity contribution in [2.24, 2.45) is 0 Å². The van der Waals surface area contributed by atoms with Gasteiger partial charge in [0.25, 0.3) is 0 Å². The van der Waals surface area contributed by atoms with Gasteiger partial charge in [-0.1, -0.05) is 25.1 Å². The molecule has 1 aromatic heterocycles. The third-order valence-electron chi connectivity index (χ3n) is 3.10. The maximum absolute atomic E-state index is 3.58. The summed E-state index contributed by atoms with van der Waals surface area (Å²) in [6, 6.07) is 11.5. The first-order valence-corrected chi connectivity index (χ1v) is 7.17. The van der Waals surface area contributed by atoms with Crippen molar-refractivity contribution in [3.05, 3.63) is 30.3 Å². The van der Waals surface area contributed by atoms with Crippen molar-refractivity contribution in [1.29, 1.82) is 0 Å². The van der Waals surface area contributed by atoms with Gasteiger partial charge in [0.15, 0.2) is 0 Å². The average molecular weight is 246 g/mol. The quantitative estimate of drug-likeness (QED) is 0.791. The van der Waals surface area contributed by atoms with Crippen LogP contribution in [-0.2, 0) is 0 Å². The molecule has 1 aliphatic rings. The van der Waals surface area contributed by atoms with E-state index in [0.29, 0.717) is 5.25 Å². The molecule has 0 radical (unpaired) electrons. The summed E-state index contributed by atoms with van der Waals surface area (Å²) in [4.78, 5) is 3.46. The molecule has 2 N–H and O–H groups in total. The molecule has 1 aromatic carbocycles. The molecule has 1 aliphatic carbocycles. The van der Waals surface area contributed by atoms with Crippen LogP contribution in [0.3, 0.4) is 0 Å². The van der Waals surface area contributed by atoms with E-state index in [2.05, 4.69) is 47.6 Å². The Morgan fingerprint density at radius 2 is 2.24 bits per heavy atom.